The number of nitrogens with two attached hydrogens (primary N) is 1. The summed E-state index contributed by atoms with van der Waals surface area (Å²) in [5, 5.41) is 8.20. The van der Waals surface area contributed by atoms with E-state index in [0.29, 0.717) is 22.0 Å². The molecule has 1 aromatic heterocycles. The molecular weight excluding hydrogens is 338 g/mol. The van der Waals surface area contributed by atoms with Gasteiger partial charge in [-0.05, 0) is 24.3 Å². The van der Waals surface area contributed by atoms with Crippen LogP contribution in [0, 0.1) is 0 Å². The number of carbonyl (C=O) groups is 1. The Balaban J connectivity index is 2.32. The Morgan fingerprint density at radius 3 is 2.43 bits per heavy atom. The number of halogens is 1. The highest BCUT2D eigenvalue weighted by atomic mass is 35.5. The highest BCUT2D eigenvalue weighted by molar-refractivity contribution is 7.91. The fourth-order valence-electron chi connectivity index (χ4n) is 1.38. The second kappa shape index (κ2) is 5.93. The van der Waals surface area contributed by atoms with Gasteiger partial charge in [0.1, 0.15) is 0 Å². The molecule has 1 amide bonds. The van der Waals surface area contributed by atoms with Gasteiger partial charge in [-0.25, -0.2) is 13.4 Å². The van der Waals surface area contributed by atoms with Crippen molar-refractivity contribution in [2.45, 2.75) is 11.3 Å². The summed E-state index contributed by atoms with van der Waals surface area (Å²) in [6, 6.07) is 6.07. The first-order valence-electron chi connectivity index (χ1n) is 5.47. The molecule has 1 aromatic carbocycles. The molecule has 0 saturated heterocycles. The number of nitrogens with one attached hydrogen (secondary N) is 1. The molecule has 0 atom stereocenters. The fourth-order valence-corrected chi connectivity index (χ4v) is 3.35. The first-order chi connectivity index (χ1) is 9.79. The van der Waals surface area contributed by atoms with Gasteiger partial charge in [-0.3, -0.25) is 4.79 Å². The molecule has 0 aliphatic rings. The number of anilines is 2. The summed E-state index contributed by atoms with van der Waals surface area (Å²) in [4.78, 5) is 13.8. The second-order valence-corrected chi connectivity index (χ2v) is 7.11. The summed E-state index contributed by atoms with van der Waals surface area (Å²) < 4.78 is 23.9. The molecule has 0 radical (unpaired) electrons. The molecule has 1 heterocycles. The van der Waals surface area contributed by atoms with Gasteiger partial charge in [-0.1, -0.05) is 22.9 Å². The summed E-state index contributed by atoms with van der Waals surface area (Å²) in [5.41, 5.74) is 5.66. The average Bonchev–Trinajstić information content (AvgIpc) is 2.84. The van der Waals surface area contributed by atoms with Crippen molar-refractivity contribution >= 4 is 49.7 Å². The Morgan fingerprint density at radius 2 is 1.95 bits per heavy atom. The lowest BCUT2D eigenvalue weighted by atomic mass is 10.3. The Kier molecular flexibility index (Phi) is 4.42. The molecule has 8 nitrogen and oxygen atoms in total. The number of rotatable bonds is 4. The maximum Gasteiger partial charge on any atom is 0.287 e. The van der Waals surface area contributed by atoms with E-state index in [9.17, 15) is 13.2 Å². The van der Waals surface area contributed by atoms with Gasteiger partial charge in [0.25, 0.3) is 14.4 Å². The van der Waals surface area contributed by atoms with Crippen LogP contribution in [0.2, 0.25) is 5.02 Å². The monoisotopic (exact) mass is 347 g/mol. The summed E-state index contributed by atoms with van der Waals surface area (Å²) in [7, 11) is -4.05. The zero-order valence-corrected chi connectivity index (χ0v) is 13.0. The van der Waals surface area contributed by atoms with E-state index in [1.54, 1.807) is 0 Å². The smallest absolute Gasteiger partial charge is 0.287 e. The van der Waals surface area contributed by atoms with Crippen LogP contribution >= 0.6 is 22.9 Å². The summed E-state index contributed by atoms with van der Waals surface area (Å²) in [6.07, 6.45) is 0. The standard InChI is InChI=1S/C10H10ClN5O3S2/c1-6(17)16(8-4-2-7(11)3-5-8)15-21(18,19)10-14-13-9(12)20-10/h2-5,15H,1H3,(H2,12,13). The van der Waals surface area contributed by atoms with Crippen molar-refractivity contribution in [2.75, 3.05) is 10.7 Å². The van der Waals surface area contributed by atoms with Crippen molar-refractivity contribution < 1.29 is 13.2 Å². The van der Waals surface area contributed by atoms with Crippen LogP contribution in [-0.2, 0) is 14.8 Å². The minimum atomic E-state index is -4.05. The molecule has 0 bridgehead atoms. The van der Waals surface area contributed by atoms with Crippen molar-refractivity contribution in [3.05, 3.63) is 29.3 Å². The van der Waals surface area contributed by atoms with Crippen molar-refractivity contribution in [2.24, 2.45) is 0 Å². The van der Waals surface area contributed by atoms with E-state index in [2.05, 4.69) is 15.0 Å². The van der Waals surface area contributed by atoms with Gasteiger partial charge < -0.3 is 5.73 Å². The minimum absolute atomic E-state index is 0.0104. The highest BCUT2D eigenvalue weighted by Crippen LogP contribution is 2.20. The number of hydrogen-bond donors (Lipinski definition) is 2. The first kappa shape index (κ1) is 15.6. The van der Waals surface area contributed by atoms with Crippen molar-refractivity contribution in [3.63, 3.8) is 0 Å². The number of carbonyl (C=O) groups excluding carboxylic acids is 1. The second-order valence-electron chi connectivity index (χ2n) is 3.83. The van der Waals surface area contributed by atoms with Crippen LogP contribution in [0.5, 0.6) is 0 Å². The summed E-state index contributed by atoms with van der Waals surface area (Å²) >= 11 is 6.45. The number of aromatic nitrogens is 2. The van der Waals surface area contributed by atoms with E-state index >= 15 is 0 Å². The molecule has 0 spiro atoms. The van der Waals surface area contributed by atoms with Crippen LogP contribution < -0.4 is 15.6 Å². The minimum Gasteiger partial charge on any atom is -0.374 e. The fraction of sp³-hybridized carbons (Fsp3) is 0.100. The van der Waals surface area contributed by atoms with Gasteiger partial charge in [0.15, 0.2) is 0 Å². The Labute approximate surface area is 129 Å². The van der Waals surface area contributed by atoms with Gasteiger partial charge >= 0.3 is 0 Å². The molecule has 0 saturated carbocycles. The first-order valence-corrected chi connectivity index (χ1v) is 8.15. The zero-order valence-electron chi connectivity index (χ0n) is 10.6. The third-order valence-corrected chi connectivity index (χ3v) is 4.93. The number of benzene rings is 1. The Bertz CT molecular complexity index is 759. The number of hydrogen-bond acceptors (Lipinski definition) is 7. The molecule has 11 heteroatoms. The normalized spacial score (nSPS) is 11.3. The summed E-state index contributed by atoms with van der Waals surface area (Å²) in [6.45, 7) is 1.21. The lowest BCUT2D eigenvalue weighted by molar-refractivity contribution is -0.116. The van der Waals surface area contributed by atoms with Crippen molar-refractivity contribution in [1.29, 1.82) is 0 Å². The van der Waals surface area contributed by atoms with Crippen LogP contribution in [0.3, 0.4) is 0 Å². The molecule has 0 fully saturated rings. The predicted molar refractivity (Wildman–Crippen MR) is 79.3 cm³/mol. The van der Waals surface area contributed by atoms with Gasteiger partial charge in [0, 0.05) is 11.9 Å². The molecule has 0 aliphatic heterocycles. The van der Waals surface area contributed by atoms with Crippen LogP contribution in [0.15, 0.2) is 28.6 Å². The molecular formula is C10H10ClN5O3S2. The third-order valence-electron chi connectivity index (χ3n) is 2.26. The van der Waals surface area contributed by atoms with E-state index in [1.165, 1.54) is 31.2 Å². The van der Waals surface area contributed by atoms with E-state index in [-0.39, 0.29) is 9.47 Å². The van der Waals surface area contributed by atoms with Crippen molar-refractivity contribution in [1.82, 2.24) is 15.0 Å². The number of nitrogens with zero attached hydrogens (tertiary/aromatic N) is 3. The van der Waals surface area contributed by atoms with E-state index < -0.39 is 15.9 Å². The highest BCUT2D eigenvalue weighted by Gasteiger charge is 2.25. The van der Waals surface area contributed by atoms with Gasteiger partial charge in [0.05, 0.1) is 5.69 Å². The topological polar surface area (TPSA) is 118 Å². The Morgan fingerprint density at radius 1 is 1.33 bits per heavy atom. The predicted octanol–water partition coefficient (Wildman–Crippen LogP) is 1.02. The van der Waals surface area contributed by atoms with E-state index in [4.69, 9.17) is 17.3 Å². The Hall–Kier alpha value is -1.75. The lowest BCUT2D eigenvalue weighted by Crippen LogP contribution is -2.45. The summed E-state index contributed by atoms with van der Waals surface area (Å²) in [5.74, 6) is -0.529. The maximum atomic E-state index is 12.1. The number of nitrogen functional groups attached to an aromatic ring is 1. The van der Waals surface area contributed by atoms with Crippen LogP contribution in [0.4, 0.5) is 10.8 Å². The molecule has 21 heavy (non-hydrogen) atoms. The molecule has 0 aliphatic carbocycles. The molecule has 2 aromatic rings. The van der Waals surface area contributed by atoms with Gasteiger partial charge in [0.2, 0.25) is 11.0 Å². The number of sulfonamides is 1. The van der Waals surface area contributed by atoms with Crippen LogP contribution in [-0.4, -0.2) is 24.5 Å². The van der Waals surface area contributed by atoms with Crippen LogP contribution in [0.1, 0.15) is 6.92 Å². The molecule has 2 rings (SSSR count). The number of amides is 1. The third kappa shape index (κ3) is 3.67. The largest absolute Gasteiger partial charge is 0.374 e. The van der Waals surface area contributed by atoms with Crippen molar-refractivity contribution in [3.8, 4) is 0 Å². The van der Waals surface area contributed by atoms with Crippen LogP contribution in [0.25, 0.3) is 0 Å². The lowest BCUT2D eigenvalue weighted by Gasteiger charge is -2.20. The number of hydrazine groups is 1. The average molecular weight is 348 g/mol. The van der Waals surface area contributed by atoms with Gasteiger partial charge in [-0.15, -0.1) is 15.0 Å². The van der Waals surface area contributed by atoms with E-state index in [1.807, 2.05) is 0 Å². The van der Waals surface area contributed by atoms with Gasteiger partial charge in [-0.2, -0.15) is 0 Å². The van der Waals surface area contributed by atoms with E-state index in [0.717, 1.165) is 5.01 Å². The maximum absolute atomic E-state index is 12.1. The quantitative estimate of drug-likeness (QED) is 0.797. The molecule has 0 unspecified atom stereocenters. The SMILES string of the molecule is CC(=O)N(NS(=O)(=O)c1nnc(N)s1)c1ccc(Cl)cc1. The molecule has 112 valence electrons. The molecule has 3 N–H and O–H groups in total. The zero-order chi connectivity index (χ0) is 15.6.